The van der Waals surface area contributed by atoms with E-state index in [1.807, 2.05) is 6.26 Å². The molecule has 0 spiro atoms. The maximum Gasteiger partial charge on any atom is 0.240 e. The third-order valence-electron chi connectivity index (χ3n) is 2.24. The van der Waals surface area contributed by atoms with Gasteiger partial charge in [-0.3, -0.25) is 0 Å². The Hall–Kier alpha value is -0.720. The number of sulfonamides is 1. The van der Waals surface area contributed by atoms with Crippen molar-refractivity contribution in [3.63, 3.8) is 0 Å². The van der Waals surface area contributed by atoms with Crippen molar-refractivity contribution in [3.05, 3.63) is 24.3 Å². The van der Waals surface area contributed by atoms with Crippen LogP contribution in [0.2, 0.25) is 0 Å². The quantitative estimate of drug-likeness (QED) is 0.586. The molecule has 0 radical (unpaired) electrons. The second-order valence-corrected chi connectivity index (χ2v) is 6.42. The molecule has 4 nitrogen and oxygen atoms in total. The average molecular weight is 274 g/mol. The van der Waals surface area contributed by atoms with Gasteiger partial charge < -0.3 is 5.73 Å². The van der Waals surface area contributed by atoms with Crippen LogP contribution in [0, 0.1) is 0 Å². The van der Waals surface area contributed by atoms with Crippen molar-refractivity contribution in [2.45, 2.75) is 17.7 Å². The molecule has 0 saturated carbocycles. The minimum atomic E-state index is -3.41. The molecule has 1 aromatic carbocycles. The number of unbranched alkanes of at least 4 members (excludes halogenated alkanes) is 1. The fourth-order valence-corrected chi connectivity index (χ4v) is 2.96. The number of benzene rings is 1. The fourth-order valence-electron chi connectivity index (χ4n) is 1.34. The highest BCUT2D eigenvalue weighted by Gasteiger charge is 2.12. The number of nitrogens with one attached hydrogen (secondary N) is 1. The first kappa shape index (κ1) is 14.3. The molecule has 0 aromatic heterocycles. The van der Waals surface area contributed by atoms with Crippen LogP contribution in [0.4, 0.5) is 5.69 Å². The summed E-state index contributed by atoms with van der Waals surface area (Å²) in [6.07, 6.45) is 3.90. The molecule has 1 aromatic rings. The van der Waals surface area contributed by atoms with Crippen LogP contribution in [0.15, 0.2) is 29.2 Å². The van der Waals surface area contributed by atoms with Crippen molar-refractivity contribution in [1.82, 2.24) is 4.72 Å². The molecule has 3 N–H and O–H groups in total. The van der Waals surface area contributed by atoms with Gasteiger partial charge in [-0.15, -0.1) is 0 Å². The molecule has 0 bridgehead atoms. The van der Waals surface area contributed by atoms with Gasteiger partial charge in [0.25, 0.3) is 0 Å². The van der Waals surface area contributed by atoms with Crippen molar-refractivity contribution in [3.8, 4) is 0 Å². The van der Waals surface area contributed by atoms with E-state index in [4.69, 9.17) is 5.73 Å². The number of nitrogen functional groups attached to an aromatic ring is 1. The molecule has 0 aliphatic carbocycles. The Morgan fingerprint density at radius 2 is 2.12 bits per heavy atom. The smallest absolute Gasteiger partial charge is 0.240 e. The average Bonchev–Trinajstić information content (AvgIpc) is 2.29. The summed E-state index contributed by atoms with van der Waals surface area (Å²) in [6, 6.07) is 6.31. The van der Waals surface area contributed by atoms with Crippen LogP contribution >= 0.6 is 11.8 Å². The number of thioether (sulfide) groups is 1. The van der Waals surface area contributed by atoms with Crippen molar-refractivity contribution < 1.29 is 8.42 Å². The standard InChI is InChI=1S/C11H18N2O2S2/c1-16-8-3-2-7-13-17(14,15)11-6-4-5-10(12)9-11/h4-6,9,13H,2-3,7-8,12H2,1H3. The molecule has 0 atom stereocenters. The lowest BCUT2D eigenvalue weighted by molar-refractivity contribution is 0.578. The SMILES string of the molecule is CSCCCCNS(=O)(=O)c1cccc(N)c1. The van der Waals surface area contributed by atoms with E-state index in [1.54, 1.807) is 30.0 Å². The Kier molecular flexibility index (Phi) is 5.80. The highest BCUT2D eigenvalue weighted by atomic mass is 32.2. The van der Waals surface area contributed by atoms with Gasteiger partial charge in [0.05, 0.1) is 4.90 Å². The van der Waals surface area contributed by atoms with Crippen molar-refractivity contribution in [2.75, 3.05) is 24.3 Å². The lowest BCUT2D eigenvalue weighted by atomic mass is 10.3. The van der Waals surface area contributed by atoms with Gasteiger partial charge in [-0.1, -0.05) is 6.07 Å². The summed E-state index contributed by atoms with van der Waals surface area (Å²) in [5.41, 5.74) is 6.01. The number of anilines is 1. The summed E-state index contributed by atoms with van der Waals surface area (Å²) in [4.78, 5) is 0.224. The Labute approximate surface area is 107 Å². The van der Waals surface area contributed by atoms with Gasteiger partial charge in [-0.05, 0) is 43.0 Å². The molecule has 17 heavy (non-hydrogen) atoms. The molecular weight excluding hydrogens is 256 g/mol. The first-order valence-electron chi connectivity index (χ1n) is 5.40. The highest BCUT2D eigenvalue weighted by Crippen LogP contribution is 2.12. The lowest BCUT2D eigenvalue weighted by Gasteiger charge is -2.06. The summed E-state index contributed by atoms with van der Waals surface area (Å²) < 4.78 is 26.3. The van der Waals surface area contributed by atoms with E-state index < -0.39 is 10.0 Å². The van der Waals surface area contributed by atoms with Gasteiger partial charge in [0.1, 0.15) is 0 Å². The van der Waals surface area contributed by atoms with Gasteiger partial charge in [0, 0.05) is 12.2 Å². The molecule has 96 valence electrons. The maximum absolute atomic E-state index is 11.8. The van der Waals surface area contributed by atoms with Gasteiger partial charge >= 0.3 is 0 Å². The summed E-state index contributed by atoms with van der Waals surface area (Å²) in [5.74, 6) is 1.06. The van der Waals surface area contributed by atoms with E-state index >= 15 is 0 Å². The number of rotatable bonds is 7. The molecule has 0 saturated heterocycles. The zero-order valence-electron chi connectivity index (χ0n) is 9.85. The summed E-state index contributed by atoms with van der Waals surface area (Å²) >= 11 is 1.76. The normalized spacial score (nSPS) is 11.6. The zero-order valence-corrected chi connectivity index (χ0v) is 11.5. The molecule has 0 amide bonds. The van der Waals surface area contributed by atoms with Crippen LogP contribution in [0.5, 0.6) is 0 Å². The van der Waals surface area contributed by atoms with Crippen LogP contribution in [-0.2, 0) is 10.0 Å². The van der Waals surface area contributed by atoms with E-state index in [2.05, 4.69) is 4.72 Å². The van der Waals surface area contributed by atoms with E-state index in [1.165, 1.54) is 6.07 Å². The van der Waals surface area contributed by atoms with Crippen LogP contribution in [0.1, 0.15) is 12.8 Å². The van der Waals surface area contributed by atoms with Crippen LogP contribution in [0.25, 0.3) is 0 Å². The summed E-state index contributed by atoms with van der Waals surface area (Å²) in [7, 11) is -3.41. The number of hydrogen-bond acceptors (Lipinski definition) is 4. The largest absolute Gasteiger partial charge is 0.399 e. The Morgan fingerprint density at radius 3 is 2.76 bits per heavy atom. The molecule has 0 aliphatic heterocycles. The first-order chi connectivity index (χ1) is 8.06. The van der Waals surface area contributed by atoms with Gasteiger partial charge in [-0.2, -0.15) is 11.8 Å². The highest BCUT2D eigenvalue weighted by molar-refractivity contribution is 7.98. The van der Waals surface area contributed by atoms with Crippen LogP contribution in [0.3, 0.4) is 0 Å². The third-order valence-corrected chi connectivity index (χ3v) is 4.39. The predicted molar refractivity (Wildman–Crippen MR) is 73.7 cm³/mol. The van der Waals surface area contributed by atoms with E-state index in [9.17, 15) is 8.42 Å². The van der Waals surface area contributed by atoms with Gasteiger partial charge in [-0.25, -0.2) is 13.1 Å². The third kappa shape index (κ3) is 4.97. The minimum Gasteiger partial charge on any atom is -0.399 e. The van der Waals surface area contributed by atoms with Crippen LogP contribution in [-0.4, -0.2) is 27.0 Å². The van der Waals surface area contributed by atoms with Crippen molar-refractivity contribution in [1.29, 1.82) is 0 Å². The zero-order chi connectivity index (χ0) is 12.7. The summed E-state index contributed by atoms with van der Waals surface area (Å²) in [5, 5.41) is 0. The predicted octanol–water partition coefficient (Wildman–Crippen LogP) is 1.69. The molecule has 0 heterocycles. The summed E-state index contributed by atoms with van der Waals surface area (Å²) in [6.45, 7) is 0.470. The van der Waals surface area contributed by atoms with Gasteiger partial charge in [0.15, 0.2) is 0 Å². The Morgan fingerprint density at radius 1 is 1.35 bits per heavy atom. The van der Waals surface area contributed by atoms with Crippen molar-refractivity contribution >= 4 is 27.5 Å². The lowest BCUT2D eigenvalue weighted by Crippen LogP contribution is -2.24. The topological polar surface area (TPSA) is 72.2 Å². The maximum atomic E-state index is 11.8. The van der Waals surface area contributed by atoms with Crippen molar-refractivity contribution in [2.24, 2.45) is 0 Å². The minimum absolute atomic E-state index is 0.224. The first-order valence-corrected chi connectivity index (χ1v) is 8.28. The Bertz CT molecular complexity index is 447. The second kappa shape index (κ2) is 6.88. The molecular formula is C11H18N2O2S2. The van der Waals surface area contributed by atoms with E-state index in [-0.39, 0.29) is 4.90 Å². The van der Waals surface area contributed by atoms with E-state index in [0.29, 0.717) is 12.2 Å². The molecule has 1 rings (SSSR count). The number of hydrogen-bond donors (Lipinski definition) is 2. The monoisotopic (exact) mass is 274 g/mol. The number of nitrogens with two attached hydrogens (primary N) is 1. The van der Waals surface area contributed by atoms with Gasteiger partial charge in [0.2, 0.25) is 10.0 Å². The molecule has 6 heteroatoms. The Balaban J connectivity index is 2.51. The molecule has 0 fully saturated rings. The van der Waals surface area contributed by atoms with E-state index in [0.717, 1.165) is 18.6 Å². The van der Waals surface area contributed by atoms with Crippen LogP contribution < -0.4 is 10.5 Å². The molecule has 0 unspecified atom stereocenters. The molecule has 0 aliphatic rings. The second-order valence-electron chi connectivity index (χ2n) is 3.67. The fraction of sp³-hybridized carbons (Fsp3) is 0.455.